The molecule has 0 aliphatic heterocycles. The van der Waals surface area contributed by atoms with Gasteiger partial charge >= 0.3 is 0 Å². The van der Waals surface area contributed by atoms with Gasteiger partial charge in [0.2, 0.25) is 5.91 Å². The summed E-state index contributed by atoms with van der Waals surface area (Å²) in [5.74, 6) is 0.302. The maximum Gasteiger partial charge on any atom is 0.258 e. The Bertz CT molecular complexity index is 895. The molecule has 0 heterocycles. The summed E-state index contributed by atoms with van der Waals surface area (Å²) in [7, 11) is 0. The van der Waals surface area contributed by atoms with Gasteiger partial charge in [-0.15, -0.1) is 0 Å². The number of hydrogen-bond acceptors (Lipinski definition) is 3. The number of nitrogens with two attached hydrogens (primary N) is 1. The molecule has 0 atom stereocenters. The molecule has 2 amide bonds. The van der Waals surface area contributed by atoms with Crippen LogP contribution in [-0.2, 0) is 4.79 Å². The first-order valence-corrected chi connectivity index (χ1v) is 8.11. The Kier molecular flexibility index (Phi) is 5.29. The first kappa shape index (κ1) is 17.2. The lowest BCUT2D eigenvalue weighted by atomic mass is 10.1. The van der Waals surface area contributed by atoms with Crippen molar-refractivity contribution in [2.45, 2.75) is 0 Å². The Morgan fingerprint density at radius 2 is 1.42 bits per heavy atom. The number of hydrogen-bond donors (Lipinski definition) is 1. The lowest BCUT2D eigenvalue weighted by molar-refractivity contribution is -0.116. The number of nitrogens with zero attached hydrogens (tertiary/aromatic N) is 1. The van der Waals surface area contributed by atoms with E-state index in [4.69, 9.17) is 10.5 Å². The quantitative estimate of drug-likeness (QED) is 0.741. The second-order valence-corrected chi connectivity index (χ2v) is 5.64. The van der Waals surface area contributed by atoms with Gasteiger partial charge in [-0.25, -0.2) is 0 Å². The van der Waals surface area contributed by atoms with Gasteiger partial charge < -0.3 is 10.5 Å². The minimum absolute atomic E-state index is 0.202. The molecule has 0 aromatic heterocycles. The lowest BCUT2D eigenvalue weighted by Gasteiger charge is -2.21. The van der Waals surface area contributed by atoms with E-state index >= 15 is 0 Å². The van der Waals surface area contributed by atoms with Crippen LogP contribution in [0.5, 0.6) is 11.5 Å². The molecule has 0 bridgehead atoms. The van der Waals surface area contributed by atoms with Crippen LogP contribution in [0, 0.1) is 0 Å². The number of primary amides is 1. The van der Waals surface area contributed by atoms with Crippen LogP contribution in [0.4, 0.5) is 5.69 Å². The van der Waals surface area contributed by atoms with Crippen molar-refractivity contribution in [2.75, 3.05) is 11.4 Å². The van der Waals surface area contributed by atoms with Gasteiger partial charge in [-0.05, 0) is 42.5 Å². The standard InChI is InChI=1S/C21H18N2O3/c22-20(24)15-23(17-9-3-1-4-10-17)21(25)16-8-7-13-19(14-16)26-18-11-5-2-6-12-18/h1-14H,15H2,(H2,22,24). The largest absolute Gasteiger partial charge is 0.457 e. The summed E-state index contributed by atoms with van der Waals surface area (Å²) in [5.41, 5.74) is 6.33. The lowest BCUT2D eigenvalue weighted by Crippen LogP contribution is -2.38. The van der Waals surface area contributed by atoms with E-state index in [1.165, 1.54) is 4.90 Å². The Morgan fingerprint density at radius 3 is 2.08 bits per heavy atom. The van der Waals surface area contributed by atoms with Crippen LogP contribution in [0.1, 0.15) is 10.4 Å². The topological polar surface area (TPSA) is 72.6 Å². The fourth-order valence-electron chi connectivity index (χ4n) is 2.52. The molecule has 2 N–H and O–H groups in total. The Labute approximate surface area is 151 Å². The molecular weight excluding hydrogens is 328 g/mol. The number of anilines is 1. The van der Waals surface area contributed by atoms with Gasteiger partial charge in [-0.1, -0.05) is 42.5 Å². The van der Waals surface area contributed by atoms with E-state index in [-0.39, 0.29) is 12.5 Å². The number of carbonyl (C=O) groups excluding carboxylic acids is 2. The van der Waals surface area contributed by atoms with Gasteiger partial charge in [0.25, 0.3) is 5.91 Å². The average molecular weight is 346 g/mol. The molecule has 0 unspecified atom stereocenters. The van der Waals surface area contributed by atoms with Crippen molar-refractivity contribution in [3.8, 4) is 11.5 Å². The molecule has 0 saturated heterocycles. The molecule has 0 saturated carbocycles. The van der Waals surface area contributed by atoms with E-state index < -0.39 is 5.91 Å². The van der Waals surface area contributed by atoms with Crippen molar-refractivity contribution in [3.63, 3.8) is 0 Å². The highest BCUT2D eigenvalue weighted by Crippen LogP contribution is 2.23. The predicted octanol–water partition coefficient (Wildman–Crippen LogP) is 3.61. The Balaban J connectivity index is 1.87. The zero-order valence-electron chi connectivity index (χ0n) is 14.0. The molecule has 5 heteroatoms. The number of amides is 2. The first-order chi connectivity index (χ1) is 12.6. The highest BCUT2D eigenvalue weighted by Gasteiger charge is 2.20. The zero-order valence-corrected chi connectivity index (χ0v) is 14.0. The van der Waals surface area contributed by atoms with Gasteiger partial charge in [0.05, 0.1) is 0 Å². The van der Waals surface area contributed by atoms with Crippen LogP contribution in [0.25, 0.3) is 0 Å². The van der Waals surface area contributed by atoms with E-state index in [0.29, 0.717) is 22.7 Å². The SMILES string of the molecule is NC(=O)CN(C(=O)c1cccc(Oc2ccccc2)c1)c1ccccc1. The van der Waals surface area contributed by atoms with Crippen molar-refractivity contribution in [3.05, 3.63) is 90.5 Å². The summed E-state index contributed by atoms with van der Waals surface area (Å²) in [4.78, 5) is 25.7. The van der Waals surface area contributed by atoms with Crippen molar-refractivity contribution < 1.29 is 14.3 Å². The predicted molar refractivity (Wildman–Crippen MR) is 100 cm³/mol. The third-order valence-corrected chi connectivity index (χ3v) is 3.69. The molecule has 0 aliphatic rings. The zero-order chi connectivity index (χ0) is 18.4. The highest BCUT2D eigenvalue weighted by atomic mass is 16.5. The summed E-state index contributed by atoms with van der Waals surface area (Å²) in [6.07, 6.45) is 0. The van der Waals surface area contributed by atoms with E-state index in [2.05, 4.69) is 0 Å². The fourth-order valence-corrected chi connectivity index (χ4v) is 2.52. The summed E-state index contributed by atoms with van der Waals surface area (Å²) in [6, 6.07) is 25.1. The van der Waals surface area contributed by atoms with Crippen LogP contribution in [0.15, 0.2) is 84.9 Å². The Morgan fingerprint density at radius 1 is 0.808 bits per heavy atom. The van der Waals surface area contributed by atoms with Crippen LogP contribution in [-0.4, -0.2) is 18.4 Å². The van der Waals surface area contributed by atoms with Gasteiger partial charge in [0.15, 0.2) is 0 Å². The molecule has 3 aromatic rings. The molecule has 26 heavy (non-hydrogen) atoms. The second kappa shape index (κ2) is 7.98. The molecule has 3 aromatic carbocycles. The van der Waals surface area contributed by atoms with Gasteiger partial charge in [0.1, 0.15) is 18.0 Å². The van der Waals surface area contributed by atoms with E-state index in [1.807, 2.05) is 36.4 Å². The fraction of sp³-hybridized carbons (Fsp3) is 0.0476. The highest BCUT2D eigenvalue weighted by molar-refractivity contribution is 6.08. The molecule has 0 fully saturated rings. The number of rotatable bonds is 6. The minimum atomic E-state index is -0.584. The second-order valence-electron chi connectivity index (χ2n) is 5.64. The summed E-state index contributed by atoms with van der Waals surface area (Å²) in [5, 5.41) is 0. The molecule has 0 spiro atoms. The number of benzene rings is 3. The molecule has 130 valence electrons. The summed E-state index contributed by atoms with van der Waals surface area (Å²) >= 11 is 0. The van der Waals surface area contributed by atoms with E-state index in [0.717, 1.165) is 0 Å². The van der Waals surface area contributed by atoms with Crippen LogP contribution in [0.3, 0.4) is 0 Å². The smallest absolute Gasteiger partial charge is 0.258 e. The van der Waals surface area contributed by atoms with Crippen molar-refractivity contribution in [1.29, 1.82) is 0 Å². The van der Waals surface area contributed by atoms with Crippen LogP contribution in [0.2, 0.25) is 0 Å². The first-order valence-electron chi connectivity index (χ1n) is 8.11. The van der Waals surface area contributed by atoms with Crippen molar-refractivity contribution in [1.82, 2.24) is 0 Å². The third kappa shape index (κ3) is 4.27. The molecule has 0 aliphatic carbocycles. The van der Waals surface area contributed by atoms with Gasteiger partial charge in [-0.2, -0.15) is 0 Å². The third-order valence-electron chi connectivity index (χ3n) is 3.69. The van der Waals surface area contributed by atoms with Crippen molar-refractivity contribution in [2.24, 2.45) is 5.73 Å². The number of para-hydroxylation sites is 2. The van der Waals surface area contributed by atoms with Gasteiger partial charge in [-0.3, -0.25) is 14.5 Å². The molecule has 3 rings (SSSR count). The molecular formula is C21H18N2O3. The number of ether oxygens (including phenoxy) is 1. The van der Waals surface area contributed by atoms with Crippen LogP contribution < -0.4 is 15.4 Å². The van der Waals surface area contributed by atoms with Gasteiger partial charge in [0, 0.05) is 11.3 Å². The maximum absolute atomic E-state index is 12.9. The molecule has 5 nitrogen and oxygen atoms in total. The summed E-state index contributed by atoms with van der Waals surface area (Å²) in [6.45, 7) is -0.202. The van der Waals surface area contributed by atoms with E-state index in [1.54, 1.807) is 48.5 Å². The van der Waals surface area contributed by atoms with Crippen LogP contribution >= 0.6 is 0 Å². The number of carbonyl (C=O) groups is 2. The minimum Gasteiger partial charge on any atom is -0.457 e. The normalized spacial score (nSPS) is 10.2. The average Bonchev–Trinajstić information content (AvgIpc) is 2.67. The van der Waals surface area contributed by atoms with Crippen molar-refractivity contribution >= 4 is 17.5 Å². The molecule has 0 radical (unpaired) electrons. The monoisotopic (exact) mass is 346 g/mol. The summed E-state index contributed by atoms with van der Waals surface area (Å²) < 4.78 is 5.77. The Hall–Kier alpha value is -3.60. The van der Waals surface area contributed by atoms with E-state index in [9.17, 15) is 9.59 Å². The maximum atomic E-state index is 12.9.